The smallest absolute Gasteiger partial charge is 0.150 e. The number of morpholine rings is 1. The molecule has 0 unspecified atom stereocenters. The molecule has 0 amide bonds. The first kappa shape index (κ1) is 19.1. The Morgan fingerprint density at radius 1 is 1.15 bits per heavy atom. The van der Waals surface area contributed by atoms with Crippen LogP contribution in [-0.2, 0) is 11.3 Å². The number of hydrogen-bond donors (Lipinski definition) is 1. The maximum atomic E-state index is 14.0. The maximum absolute atomic E-state index is 14.0. The van der Waals surface area contributed by atoms with E-state index in [4.69, 9.17) is 14.7 Å². The fourth-order valence-corrected chi connectivity index (χ4v) is 2.89. The van der Waals surface area contributed by atoms with Gasteiger partial charge in [0.25, 0.3) is 0 Å². The number of ether oxygens (including phenoxy) is 2. The van der Waals surface area contributed by atoms with Crippen molar-refractivity contribution in [3.05, 3.63) is 59.2 Å². The van der Waals surface area contributed by atoms with E-state index in [1.807, 2.05) is 24.3 Å². The second kappa shape index (κ2) is 9.31. The monoisotopic (exact) mass is 373 g/mol. The van der Waals surface area contributed by atoms with Gasteiger partial charge in [-0.25, -0.2) is 8.78 Å². The zero-order chi connectivity index (χ0) is 19.1. The van der Waals surface area contributed by atoms with Crippen LogP contribution in [-0.4, -0.2) is 44.4 Å². The van der Waals surface area contributed by atoms with Crippen molar-refractivity contribution in [3.8, 4) is 11.8 Å². The Balaban J connectivity index is 1.60. The molecule has 0 atom stereocenters. The third-order valence-electron chi connectivity index (χ3n) is 4.37. The molecule has 1 aliphatic heterocycles. The fraction of sp³-hybridized carbons (Fsp3) is 0.350. The Hall–Kier alpha value is -2.69. The van der Waals surface area contributed by atoms with Gasteiger partial charge in [0.05, 0.1) is 24.8 Å². The lowest BCUT2D eigenvalue weighted by molar-refractivity contribution is 0.0322. The summed E-state index contributed by atoms with van der Waals surface area (Å²) in [5.41, 5.74) is 0.488. The van der Waals surface area contributed by atoms with Crippen molar-refractivity contribution in [1.29, 1.82) is 5.26 Å². The lowest BCUT2D eigenvalue weighted by atomic mass is 10.1. The van der Waals surface area contributed by atoms with Crippen LogP contribution in [0.3, 0.4) is 0 Å². The zero-order valence-electron chi connectivity index (χ0n) is 14.9. The molecule has 0 bridgehead atoms. The molecule has 2 aromatic carbocycles. The molecule has 2 aromatic rings. The van der Waals surface area contributed by atoms with E-state index >= 15 is 0 Å². The minimum atomic E-state index is -0.794. The van der Waals surface area contributed by atoms with Gasteiger partial charge in [0.1, 0.15) is 18.0 Å². The molecule has 5 nitrogen and oxygen atoms in total. The molecule has 0 spiro atoms. The van der Waals surface area contributed by atoms with Gasteiger partial charge in [0, 0.05) is 31.7 Å². The molecule has 27 heavy (non-hydrogen) atoms. The molecular formula is C20H21F2N3O2. The van der Waals surface area contributed by atoms with Crippen LogP contribution in [0, 0.1) is 23.0 Å². The molecule has 0 radical (unpaired) electrons. The van der Waals surface area contributed by atoms with Crippen molar-refractivity contribution >= 4 is 5.69 Å². The van der Waals surface area contributed by atoms with Gasteiger partial charge >= 0.3 is 0 Å². The van der Waals surface area contributed by atoms with E-state index in [1.165, 1.54) is 0 Å². The molecule has 7 heteroatoms. The molecule has 3 rings (SSSR count). The van der Waals surface area contributed by atoms with Crippen LogP contribution < -0.4 is 10.1 Å². The number of benzene rings is 2. The predicted octanol–water partition coefficient (Wildman–Crippen LogP) is 3.16. The minimum absolute atomic E-state index is 0.0533. The summed E-state index contributed by atoms with van der Waals surface area (Å²) in [5.74, 6) is -0.915. The van der Waals surface area contributed by atoms with Gasteiger partial charge in [-0.2, -0.15) is 5.26 Å². The Morgan fingerprint density at radius 3 is 2.56 bits per heavy atom. The van der Waals surface area contributed by atoms with E-state index < -0.39 is 11.6 Å². The molecule has 142 valence electrons. The number of nitrogens with one attached hydrogen (secondary N) is 1. The van der Waals surface area contributed by atoms with Crippen LogP contribution in [0.5, 0.6) is 5.75 Å². The Morgan fingerprint density at radius 2 is 1.85 bits per heavy atom. The van der Waals surface area contributed by atoms with E-state index in [0.29, 0.717) is 12.4 Å². The summed E-state index contributed by atoms with van der Waals surface area (Å²) in [6, 6.07) is 11.1. The van der Waals surface area contributed by atoms with E-state index in [9.17, 15) is 8.78 Å². The summed E-state index contributed by atoms with van der Waals surface area (Å²) in [7, 11) is 0. The van der Waals surface area contributed by atoms with Crippen LogP contribution in [0.15, 0.2) is 36.4 Å². The normalized spacial score (nSPS) is 14.6. The quantitative estimate of drug-likeness (QED) is 0.808. The number of para-hydroxylation sites is 1. The highest BCUT2D eigenvalue weighted by Gasteiger charge is 2.13. The number of nitriles is 1. The highest BCUT2D eigenvalue weighted by atomic mass is 19.1. The van der Waals surface area contributed by atoms with Gasteiger partial charge in [-0.05, 0) is 18.2 Å². The SMILES string of the molecule is N#Cc1cc(F)c(NCc2ccccc2OCCN2CCOCC2)c(F)c1. The van der Waals surface area contributed by atoms with E-state index in [1.54, 1.807) is 6.07 Å². The van der Waals surface area contributed by atoms with E-state index in [-0.39, 0.29) is 17.8 Å². The minimum Gasteiger partial charge on any atom is -0.492 e. The molecule has 1 saturated heterocycles. The third-order valence-corrected chi connectivity index (χ3v) is 4.37. The van der Waals surface area contributed by atoms with E-state index in [2.05, 4.69) is 10.2 Å². The fourth-order valence-electron chi connectivity index (χ4n) is 2.89. The molecular weight excluding hydrogens is 352 g/mol. The summed E-state index contributed by atoms with van der Waals surface area (Å²) in [4.78, 5) is 2.27. The van der Waals surface area contributed by atoms with Gasteiger partial charge in [0.2, 0.25) is 0 Å². The van der Waals surface area contributed by atoms with Crippen LogP contribution in [0.1, 0.15) is 11.1 Å². The summed E-state index contributed by atoms with van der Waals surface area (Å²) in [6.45, 7) is 4.78. The Kier molecular flexibility index (Phi) is 6.58. The number of hydrogen-bond acceptors (Lipinski definition) is 5. The van der Waals surface area contributed by atoms with Crippen LogP contribution >= 0.6 is 0 Å². The lowest BCUT2D eigenvalue weighted by Gasteiger charge is -2.26. The molecule has 1 heterocycles. The lowest BCUT2D eigenvalue weighted by Crippen LogP contribution is -2.38. The largest absolute Gasteiger partial charge is 0.492 e. The predicted molar refractivity (Wildman–Crippen MR) is 97.6 cm³/mol. The average molecular weight is 373 g/mol. The van der Waals surface area contributed by atoms with Gasteiger partial charge in [-0.1, -0.05) is 18.2 Å². The first-order valence-electron chi connectivity index (χ1n) is 8.81. The molecule has 1 fully saturated rings. The van der Waals surface area contributed by atoms with Gasteiger partial charge in [0.15, 0.2) is 11.6 Å². The van der Waals surface area contributed by atoms with Crippen LogP contribution in [0.2, 0.25) is 0 Å². The topological polar surface area (TPSA) is 57.5 Å². The van der Waals surface area contributed by atoms with Crippen molar-refractivity contribution in [2.75, 3.05) is 44.8 Å². The summed E-state index contributed by atoms with van der Waals surface area (Å²) in [5, 5.41) is 11.5. The average Bonchev–Trinajstić information content (AvgIpc) is 2.69. The summed E-state index contributed by atoms with van der Waals surface area (Å²) >= 11 is 0. The standard InChI is InChI=1S/C20H21F2N3O2/c21-17-11-15(13-23)12-18(22)20(17)24-14-16-3-1-2-4-19(16)27-10-7-25-5-8-26-9-6-25/h1-4,11-12,24H,5-10,14H2. The van der Waals surface area contributed by atoms with Gasteiger partial charge in [-0.3, -0.25) is 4.90 Å². The molecule has 1 aliphatic rings. The molecule has 0 aliphatic carbocycles. The first-order valence-corrected chi connectivity index (χ1v) is 8.81. The number of nitrogens with zero attached hydrogens (tertiary/aromatic N) is 2. The Bertz CT molecular complexity index is 794. The van der Waals surface area contributed by atoms with Crippen molar-refractivity contribution in [1.82, 2.24) is 4.90 Å². The van der Waals surface area contributed by atoms with Crippen LogP contribution in [0.4, 0.5) is 14.5 Å². The highest BCUT2D eigenvalue weighted by Crippen LogP contribution is 2.24. The van der Waals surface area contributed by atoms with Gasteiger partial charge in [-0.15, -0.1) is 0 Å². The molecule has 1 N–H and O–H groups in total. The Labute approximate surface area is 157 Å². The number of rotatable bonds is 7. The summed E-state index contributed by atoms with van der Waals surface area (Å²) < 4.78 is 39.2. The second-order valence-corrected chi connectivity index (χ2v) is 6.19. The molecule has 0 aromatic heterocycles. The third kappa shape index (κ3) is 5.16. The highest BCUT2D eigenvalue weighted by molar-refractivity contribution is 5.51. The van der Waals surface area contributed by atoms with Crippen molar-refractivity contribution < 1.29 is 18.3 Å². The zero-order valence-corrected chi connectivity index (χ0v) is 14.9. The van der Waals surface area contributed by atoms with Crippen molar-refractivity contribution in [2.24, 2.45) is 0 Å². The first-order chi connectivity index (χ1) is 13.2. The van der Waals surface area contributed by atoms with E-state index in [0.717, 1.165) is 50.5 Å². The van der Waals surface area contributed by atoms with Crippen LogP contribution in [0.25, 0.3) is 0 Å². The van der Waals surface area contributed by atoms with Gasteiger partial charge < -0.3 is 14.8 Å². The van der Waals surface area contributed by atoms with Crippen molar-refractivity contribution in [3.63, 3.8) is 0 Å². The number of halogens is 2. The molecule has 0 saturated carbocycles. The second-order valence-electron chi connectivity index (χ2n) is 6.19. The summed E-state index contributed by atoms with van der Waals surface area (Å²) in [6.07, 6.45) is 0. The van der Waals surface area contributed by atoms with Crippen molar-refractivity contribution in [2.45, 2.75) is 6.54 Å². The number of anilines is 1. The maximum Gasteiger partial charge on any atom is 0.150 e.